The van der Waals surface area contributed by atoms with E-state index in [-0.39, 0.29) is 11.9 Å². The normalized spacial score (nSPS) is 15.1. The topological polar surface area (TPSA) is 116 Å². The summed E-state index contributed by atoms with van der Waals surface area (Å²) >= 11 is 0. The lowest BCUT2D eigenvalue weighted by molar-refractivity contribution is -0.144. The first-order chi connectivity index (χ1) is 22.1. The van der Waals surface area contributed by atoms with Gasteiger partial charge in [-0.15, -0.1) is 0 Å². The molecule has 0 unspecified atom stereocenters. The Hall–Kier alpha value is -4.46. The maximum atomic E-state index is 12.4. The molecule has 5 rings (SSSR count). The highest BCUT2D eigenvalue weighted by molar-refractivity contribution is 5.72. The fourth-order valence-corrected chi connectivity index (χ4v) is 6.84. The van der Waals surface area contributed by atoms with Crippen molar-refractivity contribution in [2.24, 2.45) is 0 Å². The number of esters is 2. The molecule has 0 saturated carbocycles. The fourth-order valence-electron chi connectivity index (χ4n) is 6.84. The molecule has 0 fully saturated rings. The van der Waals surface area contributed by atoms with Crippen LogP contribution in [0, 0.1) is 27.7 Å². The summed E-state index contributed by atoms with van der Waals surface area (Å²) in [4.78, 5) is 39.7. The number of aromatic amines is 4. The number of hydrogen-bond donors (Lipinski definition) is 4. The summed E-state index contributed by atoms with van der Waals surface area (Å²) in [6, 6.07) is 0. The standard InChI is InChI=1S/C38H48N4O4/c1-9-25-21(5)29-17-30-23(7)27(13-15-37(43)45-11-3)35(41-30)20-36-28(14-16-38(44)46-12-4)24(8)32(42-36)19-34-26(10-2)22(6)31(40-34)18-33(25)39-29/h17-20,39-42H,9-16H2,1-8H3/b29-17?,30-17-,31-18-,32-19?,33-18?,34-19-,35-20-,36-20?. The number of aromatic nitrogens is 4. The molecule has 4 aromatic rings. The zero-order valence-electron chi connectivity index (χ0n) is 28.6. The Morgan fingerprint density at radius 3 is 1.46 bits per heavy atom. The van der Waals surface area contributed by atoms with Crippen molar-refractivity contribution in [1.82, 2.24) is 19.9 Å². The van der Waals surface area contributed by atoms with Crippen molar-refractivity contribution >= 4 is 36.2 Å². The first-order valence-corrected chi connectivity index (χ1v) is 16.7. The van der Waals surface area contributed by atoms with Crippen LogP contribution in [0.2, 0.25) is 0 Å². The second-order valence-corrected chi connectivity index (χ2v) is 12.1. The molecule has 4 aromatic heterocycles. The minimum absolute atomic E-state index is 0.207. The highest BCUT2D eigenvalue weighted by atomic mass is 16.5. The van der Waals surface area contributed by atoms with Gasteiger partial charge in [0.25, 0.3) is 0 Å². The van der Waals surface area contributed by atoms with E-state index in [4.69, 9.17) is 9.47 Å². The molecule has 0 saturated heterocycles. The van der Waals surface area contributed by atoms with Gasteiger partial charge in [0.05, 0.1) is 13.2 Å². The van der Waals surface area contributed by atoms with Crippen LogP contribution < -0.4 is 21.4 Å². The third kappa shape index (κ3) is 6.43. The number of rotatable bonds is 10. The number of carbonyl (C=O) groups excluding carboxylic acids is 2. The van der Waals surface area contributed by atoms with Crippen molar-refractivity contribution in [2.75, 3.05) is 13.2 Å². The predicted molar refractivity (Wildman–Crippen MR) is 184 cm³/mol. The molecule has 0 atom stereocenters. The van der Waals surface area contributed by atoms with Crippen LogP contribution in [-0.4, -0.2) is 45.1 Å². The number of ether oxygens (including phenoxy) is 2. The molecule has 4 N–H and O–H groups in total. The molecule has 0 amide bonds. The van der Waals surface area contributed by atoms with Crippen molar-refractivity contribution < 1.29 is 19.1 Å². The van der Waals surface area contributed by atoms with E-state index in [1.165, 1.54) is 22.3 Å². The summed E-state index contributed by atoms with van der Waals surface area (Å²) in [7, 11) is 0. The first-order valence-electron chi connectivity index (χ1n) is 16.7. The largest absolute Gasteiger partial charge is 0.466 e. The number of H-pyrrole nitrogens is 4. The van der Waals surface area contributed by atoms with E-state index in [2.05, 4.69) is 85.8 Å². The number of carbonyl (C=O) groups is 2. The van der Waals surface area contributed by atoms with Gasteiger partial charge in [-0.1, -0.05) is 13.8 Å². The Bertz CT molecular complexity index is 2030. The Morgan fingerprint density at radius 2 is 0.913 bits per heavy atom. The van der Waals surface area contributed by atoms with Gasteiger partial charge in [0, 0.05) is 57.0 Å². The van der Waals surface area contributed by atoms with Gasteiger partial charge in [0.2, 0.25) is 0 Å². The predicted octanol–water partition coefficient (Wildman–Crippen LogP) is 3.98. The maximum absolute atomic E-state index is 12.4. The van der Waals surface area contributed by atoms with Crippen molar-refractivity contribution in [2.45, 2.75) is 93.9 Å². The zero-order valence-corrected chi connectivity index (χ0v) is 28.6. The average Bonchev–Trinajstić information content (AvgIpc) is 3.68. The Labute approximate surface area is 270 Å². The molecule has 46 heavy (non-hydrogen) atoms. The Balaban J connectivity index is 1.83. The molecule has 8 nitrogen and oxygen atoms in total. The third-order valence-corrected chi connectivity index (χ3v) is 9.44. The van der Waals surface area contributed by atoms with Crippen LogP contribution in [0.15, 0.2) is 0 Å². The highest BCUT2D eigenvalue weighted by Gasteiger charge is 2.18. The molecule has 8 bridgehead atoms. The number of fused-ring (bicyclic) bond motifs is 8. The molecular formula is C38H48N4O4. The summed E-state index contributed by atoms with van der Waals surface area (Å²) in [5, 5.41) is 4.10. The lowest BCUT2D eigenvalue weighted by Gasteiger charge is -2.04. The monoisotopic (exact) mass is 624 g/mol. The van der Waals surface area contributed by atoms with E-state index in [0.717, 1.165) is 79.3 Å². The van der Waals surface area contributed by atoms with Gasteiger partial charge >= 0.3 is 11.9 Å². The zero-order chi connectivity index (χ0) is 33.1. The summed E-state index contributed by atoms with van der Waals surface area (Å²) in [5.74, 6) is -0.415. The van der Waals surface area contributed by atoms with Crippen molar-refractivity contribution in [3.63, 3.8) is 0 Å². The van der Waals surface area contributed by atoms with E-state index >= 15 is 0 Å². The third-order valence-electron chi connectivity index (χ3n) is 9.44. The van der Waals surface area contributed by atoms with Gasteiger partial charge in [-0.05, 0) is 136 Å². The van der Waals surface area contributed by atoms with Crippen molar-refractivity contribution in [3.8, 4) is 0 Å². The van der Waals surface area contributed by atoms with E-state index in [1.54, 1.807) is 0 Å². The minimum Gasteiger partial charge on any atom is -0.466 e. The summed E-state index contributed by atoms with van der Waals surface area (Å²) in [5.41, 5.74) is 13.5. The maximum Gasteiger partial charge on any atom is 0.306 e. The molecule has 0 aliphatic carbocycles. The van der Waals surface area contributed by atoms with Crippen LogP contribution in [-0.2, 0) is 44.7 Å². The van der Waals surface area contributed by atoms with E-state index < -0.39 is 0 Å². The molecule has 5 heterocycles. The SMILES string of the molecule is CCOC(=O)CCc1c2[nH]c(c1C)/C=c1\[nH]/c(c(C)c1CC)=C\c1[nH]c(c(C)c1CC)/C=c1\[nH]/c(c(CCC(=O)OCC)c1C)=C\2. The Morgan fingerprint density at radius 1 is 0.500 bits per heavy atom. The average molecular weight is 625 g/mol. The number of hydrogen-bond acceptors (Lipinski definition) is 4. The summed E-state index contributed by atoms with van der Waals surface area (Å²) in [6.07, 6.45) is 12.2. The van der Waals surface area contributed by atoms with Crippen LogP contribution in [0.4, 0.5) is 0 Å². The molecule has 0 spiro atoms. The molecule has 0 aromatic carbocycles. The van der Waals surface area contributed by atoms with E-state index in [0.29, 0.717) is 38.9 Å². The van der Waals surface area contributed by atoms with E-state index in [9.17, 15) is 9.59 Å². The van der Waals surface area contributed by atoms with Gasteiger partial charge in [0.1, 0.15) is 0 Å². The molecule has 8 heteroatoms. The number of nitrogens with one attached hydrogen (secondary N) is 4. The van der Waals surface area contributed by atoms with Gasteiger partial charge in [-0.3, -0.25) is 9.59 Å². The first kappa shape index (κ1) is 32.9. The molecule has 244 valence electrons. The van der Waals surface area contributed by atoms with Gasteiger partial charge in [-0.25, -0.2) is 0 Å². The van der Waals surface area contributed by atoms with Crippen LogP contribution in [0.1, 0.15) is 108 Å². The van der Waals surface area contributed by atoms with Crippen LogP contribution in [0.5, 0.6) is 0 Å². The fraction of sp³-hybridized carbons (Fsp3) is 0.421. The minimum atomic E-state index is -0.208. The second kappa shape index (κ2) is 13.9. The Kier molecular flexibility index (Phi) is 9.94. The quantitative estimate of drug-likeness (QED) is 0.176. The van der Waals surface area contributed by atoms with Crippen molar-refractivity contribution in [1.29, 1.82) is 0 Å². The van der Waals surface area contributed by atoms with Crippen LogP contribution >= 0.6 is 0 Å². The molecule has 1 aliphatic heterocycles. The van der Waals surface area contributed by atoms with Gasteiger partial charge in [0.15, 0.2) is 0 Å². The van der Waals surface area contributed by atoms with Crippen LogP contribution in [0.3, 0.4) is 0 Å². The van der Waals surface area contributed by atoms with Crippen molar-refractivity contribution in [3.05, 3.63) is 88.7 Å². The van der Waals surface area contributed by atoms with E-state index in [1.807, 2.05) is 13.8 Å². The molecule has 1 aliphatic rings. The summed E-state index contributed by atoms with van der Waals surface area (Å²) < 4.78 is 10.5. The van der Waals surface area contributed by atoms with Gasteiger partial charge < -0.3 is 29.4 Å². The molecule has 0 radical (unpaired) electrons. The second-order valence-electron chi connectivity index (χ2n) is 12.1. The van der Waals surface area contributed by atoms with Crippen LogP contribution in [0.25, 0.3) is 24.3 Å². The smallest absolute Gasteiger partial charge is 0.306 e. The summed E-state index contributed by atoms with van der Waals surface area (Å²) in [6.45, 7) is 17.4. The van der Waals surface area contributed by atoms with Gasteiger partial charge in [-0.2, -0.15) is 0 Å². The lowest BCUT2D eigenvalue weighted by Crippen LogP contribution is -2.14. The molecular weight excluding hydrogens is 576 g/mol. The highest BCUT2D eigenvalue weighted by Crippen LogP contribution is 2.23. The lowest BCUT2D eigenvalue weighted by atomic mass is 10.0.